The molecule has 5 heterocycles. The van der Waals surface area contributed by atoms with Crippen molar-refractivity contribution in [3.05, 3.63) is 145 Å². The van der Waals surface area contributed by atoms with Gasteiger partial charge in [-0.05, 0) is 71.4 Å². The molecule has 8 aromatic rings. The number of benzene rings is 3. The van der Waals surface area contributed by atoms with Gasteiger partial charge in [-0.3, -0.25) is 4.98 Å². The SMILES string of the molecule is [2H]C([2H])([2H])c1c[c-]c(-c2ccc(C([2H])([2H])[2H])cn2)cc1.[2H]C([2H])([2H])c1ccc2c(n1)oc1c(-c3cc(-c4cccc5ccncc45)ccn3)[c-]ccc12.[Ir]. The van der Waals surface area contributed by atoms with Gasteiger partial charge in [0, 0.05) is 73.7 Å². The van der Waals surface area contributed by atoms with E-state index in [0.717, 1.165) is 32.7 Å². The van der Waals surface area contributed by atoms with Gasteiger partial charge in [0.2, 0.25) is 5.71 Å². The Morgan fingerprint density at radius 3 is 2.49 bits per heavy atom. The van der Waals surface area contributed by atoms with Crippen LogP contribution in [0.1, 0.15) is 29.2 Å². The Bertz CT molecular complexity index is 2520. The van der Waals surface area contributed by atoms with Gasteiger partial charge in [0.25, 0.3) is 0 Å². The predicted octanol–water partition coefficient (Wildman–Crippen LogP) is 9.53. The van der Waals surface area contributed by atoms with Crippen molar-refractivity contribution in [2.45, 2.75) is 20.6 Å². The van der Waals surface area contributed by atoms with Crippen LogP contribution in [-0.2, 0) is 20.1 Å². The van der Waals surface area contributed by atoms with E-state index in [1.54, 1.807) is 30.6 Å². The van der Waals surface area contributed by atoms with E-state index in [9.17, 15) is 0 Å². The minimum absolute atomic E-state index is 0. The number of nitrogens with zero attached hydrogens (tertiary/aromatic N) is 4. The largest absolute Gasteiger partial charge is 0.486 e. The third kappa shape index (κ3) is 6.16. The fraction of sp³-hybridized carbons (Fsp3) is 0.0769. The minimum Gasteiger partial charge on any atom is -0.486 e. The van der Waals surface area contributed by atoms with E-state index in [1.807, 2.05) is 42.6 Å². The molecule has 0 spiro atoms. The predicted molar refractivity (Wildman–Crippen MR) is 177 cm³/mol. The van der Waals surface area contributed by atoms with E-state index in [0.29, 0.717) is 28.1 Å². The first-order chi connectivity index (χ1) is 25.2. The van der Waals surface area contributed by atoms with Crippen LogP contribution in [0.2, 0.25) is 0 Å². The summed E-state index contributed by atoms with van der Waals surface area (Å²) < 4.78 is 72.6. The second-order valence-electron chi connectivity index (χ2n) is 10.0. The molecule has 0 unspecified atom stereocenters. The van der Waals surface area contributed by atoms with Gasteiger partial charge in [-0.1, -0.05) is 54.2 Å². The van der Waals surface area contributed by atoms with Crippen LogP contribution in [0.25, 0.3) is 66.5 Å². The van der Waals surface area contributed by atoms with Gasteiger partial charge in [0.05, 0.1) is 5.58 Å². The zero-order valence-electron chi connectivity index (χ0n) is 32.5. The van der Waals surface area contributed by atoms with Crippen LogP contribution in [-0.4, -0.2) is 19.9 Å². The number of pyridine rings is 4. The topological polar surface area (TPSA) is 64.7 Å². The molecular weight excluding hydrogens is 733 g/mol. The van der Waals surface area contributed by atoms with Crippen LogP contribution in [0.5, 0.6) is 0 Å². The molecule has 0 bridgehead atoms. The van der Waals surface area contributed by atoms with E-state index in [-0.39, 0.29) is 42.6 Å². The van der Waals surface area contributed by atoms with Crippen molar-refractivity contribution < 1.29 is 36.9 Å². The van der Waals surface area contributed by atoms with E-state index in [1.165, 1.54) is 30.5 Å². The molecule has 0 N–H and O–H groups in total. The summed E-state index contributed by atoms with van der Waals surface area (Å²) in [7, 11) is 0. The van der Waals surface area contributed by atoms with Crippen LogP contribution >= 0.6 is 0 Å². The van der Waals surface area contributed by atoms with E-state index in [4.69, 9.17) is 16.8 Å². The van der Waals surface area contributed by atoms with E-state index < -0.39 is 20.6 Å². The Hall–Kier alpha value is -5.03. The van der Waals surface area contributed by atoms with Gasteiger partial charge in [-0.25, -0.2) is 4.98 Å². The van der Waals surface area contributed by atoms with Gasteiger partial charge < -0.3 is 14.4 Å². The van der Waals surface area contributed by atoms with Crippen molar-refractivity contribution in [2.75, 3.05) is 0 Å². The Labute approximate surface area is 288 Å². The molecule has 0 saturated heterocycles. The Balaban J connectivity index is 0.000000205. The van der Waals surface area contributed by atoms with Gasteiger partial charge in [-0.2, -0.15) is 0 Å². The standard InChI is InChI=1S/C26H16N3O.C13H12N.Ir/c1-16-8-9-21-20-6-3-7-22(25(20)30-26(21)29-16)24-14-18(11-13-28-24)19-5-2-4-17-10-12-27-15-23(17)19;1-10-3-6-12(7-4-10)13-8-5-11(2)9-14-13;/h2-6,8-15H,1H3;3-6,8-9H,1-2H3;/q2*-1;/i1D3;1D3,2D3;. The van der Waals surface area contributed by atoms with Crippen molar-refractivity contribution >= 4 is 32.8 Å². The number of fused-ring (bicyclic) bond motifs is 4. The van der Waals surface area contributed by atoms with Crippen LogP contribution in [0, 0.1) is 32.7 Å². The molecule has 6 heteroatoms. The molecule has 0 aliphatic rings. The van der Waals surface area contributed by atoms with Crippen LogP contribution in [0.15, 0.2) is 120 Å². The Morgan fingerprint density at radius 1 is 0.733 bits per heavy atom. The van der Waals surface area contributed by atoms with Gasteiger partial charge >= 0.3 is 0 Å². The molecule has 0 aliphatic heterocycles. The second kappa shape index (κ2) is 12.9. The zero-order chi connectivity index (χ0) is 37.5. The summed E-state index contributed by atoms with van der Waals surface area (Å²) in [5, 5.41) is 3.77. The maximum atomic E-state index is 7.63. The zero-order valence-corrected chi connectivity index (χ0v) is 25.9. The number of aromatic nitrogens is 4. The first-order valence-corrected chi connectivity index (χ1v) is 13.7. The van der Waals surface area contributed by atoms with E-state index in [2.05, 4.69) is 44.2 Å². The third-order valence-electron chi connectivity index (χ3n) is 7.16. The van der Waals surface area contributed by atoms with Gasteiger partial charge in [0.1, 0.15) is 0 Å². The Kier molecular flexibility index (Phi) is 5.98. The third-order valence-corrected chi connectivity index (χ3v) is 7.16. The Morgan fingerprint density at radius 2 is 1.67 bits per heavy atom. The first-order valence-electron chi connectivity index (χ1n) is 18.2. The van der Waals surface area contributed by atoms with Crippen molar-refractivity contribution in [2.24, 2.45) is 0 Å². The molecule has 45 heavy (non-hydrogen) atoms. The van der Waals surface area contributed by atoms with Crippen molar-refractivity contribution in [3.63, 3.8) is 0 Å². The molecule has 0 amide bonds. The number of hydrogen-bond donors (Lipinski definition) is 0. The molecule has 5 nitrogen and oxygen atoms in total. The van der Waals surface area contributed by atoms with Crippen molar-refractivity contribution in [1.29, 1.82) is 0 Å². The molecule has 0 saturated carbocycles. The molecule has 0 fully saturated rings. The molecule has 1 radical (unpaired) electrons. The number of aryl methyl sites for hydroxylation is 3. The maximum absolute atomic E-state index is 7.63. The monoisotopic (exact) mass is 770 g/mol. The van der Waals surface area contributed by atoms with Crippen LogP contribution < -0.4 is 0 Å². The number of furan rings is 1. The summed E-state index contributed by atoms with van der Waals surface area (Å²) in [6, 6.07) is 32.8. The average molecular weight is 770 g/mol. The summed E-state index contributed by atoms with van der Waals surface area (Å²) in [6.45, 7) is -6.64. The number of hydrogen-bond acceptors (Lipinski definition) is 5. The fourth-order valence-corrected chi connectivity index (χ4v) is 5.05. The molecule has 5 aromatic heterocycles. The fourth-order valence-electron chi connectivity index (χ4n) is 5.05. The molecule has 0 aliphatic carbocycles. The van der Waals surface area contributed by atoms with Crippen molar-refractivity contribution in [3.8, 4) is 33.6 Å². The molecule has 3 aromatic carbocycles. The minimum atomic E-state index is -2.30. The summed E-state index contributed by atoms with van der Waals surface area (Å²) in [4.78, 5) is 17.2. The molecular formula is C39H28IrN4O-2. The normalized spacial score (nSPS) is 14.6. The second-order valence-corrected chi connectivity index (χ2v) is 10.0. The quantitative estimate of drug-likeness (QED) is 0.168. The maximum Gasteiger partial charge on any atom is 0.216 e. The van der Waals surface area contributed by atoms with E-state index >= 15 is 0 Å². The first kappa shape index (κ1) is 20.8. The molecule has 8 rings (SSSR count). The summed E-state index contributed by atoms with van der Waals surface area (Å²) in [5.74, 6) is 0. The summed E-state index contributed by atoms with van der Waals surface area (Å²) in [5.41, 5.74) is 5.88. The summed E-state index contributed by atoms with van der Waals surface area (Å²) in [6.07, 6.45) is 6.71. The van der Waals surface area contributed by atoms with Crippen LogP contribution in [0.3, 0.4) is 0 Å². The number of rotatable bonds is 3. The summed E-state index contributed by atoms with van der Waals surface area (Å²) >= 11 is 0. The molecule has 0 atom stereocenters. The van der Waals surface area contributed by atoms with Crippen LogP contribution in [0.4, 0.5) is 0 Å². The van der Waals surface area contributed by atoms with Crippen molar-refractivity contribution in [1.82, 2.24) is 19.9 Å². The average Bonchev–Trinajstić information content (AvgIpc) is 3.52. The van der Waals surface area contributed by atoms with Gasteiger partial charge in [-0.15, -0.1) is 53.6 Å². The smallest absolute Gasteiger partial charge is 0.216 e. The molecule has 221 valence electrons. The van der Waals surface area contributed by atoms with Gasteiger partial charge in [0.15, 0.2) is 0 Å².